The van der Waals surface area contributed by atoms with Gasteiger partial charge in [0.15, 0.2) is 9.84 Å². The highest BCUT2D eigenvalue weighted by Gasteiger charge is 2.41. The monoisotopic (exact) mass is 595 g/mol. The number of nitrogens with one attached hydrogen (secondary N) is 2. The summed E-state index contributed by atoms with van der Waals surface area (Å²) in [6.07, 6.45) is -3.83. The minimum absolute atomic E-state index is 0.00987. The predicted octanol–water partition coefficient (Wildman–Crippen LogP) is 3.65. The van der Waals surface area contributed by atoms with Gasteiger partial charge in [0.1, 0.15) is 11.8 Å². The number of aryl methyl sites for hydroxylation is 1. The second-order valence-electron chi connectivity index (χ2n) is 10.1. The van der Waals surface area contributed by atoms with Gasteiger partial charge in [-0.3, -0.25) is 4.90 Å². The Kier molecular flexibility index (Phi) is 7.12. The van der Waals surface area contributed by atoms with Crippen molar-refractivity contribution in [2.45, 2.75) is 49.7 Å². The summed E-state index contributed by atoms with van der Waals surface area (Å²) >= 11 is 0.803. The first kappa shape index (κ1) is 27.5. The summed E-state index contributed by atoms with van der Waals surface area (Å²) in [6, 6.07) is 5.10. The summed E-state index contributed by atoms with van der Waals surface area (Å²) in [4.78, 5) is 9.76. The van der Waals surface area contributed by atoms with E-state index in [0.29, 0.717) is 31.5 Å². The second kappa shape index (κ2) is 10.3. The van der Waals surface area contributed by atoms with E-state index in [1.807, 2.05) is 13.0 Å². The molecule has 3 aliphatic rings. The quantitative estimate of drug-likeness (QED) is 0.407. The molecule has 3 aliphatic heterocycles. The Morgan fingerprint density at radius 2 is 2.05 bits per heavy atom. The molecule has 2 aromatic heterocycles. The molecule has 1 saturated heterocycles. The van der Waals surface area contributed by atoms with Gasteiger partial charge in [0.2, 0.25) is 5.95 Å². The van der Waals surface area contributed by atoms with E-state index in [0.717, 1.165) is 42.0 Å². The first-order valence-electron chi connectivity index (χ1n) is 13.0. The normalized spacial score (nSPS) is 21.3. The molecule has 0 amide bonds. The lowest BCUT2D eigenvalue weighted by Crippen LogP contribution is -2.51. The highest BCUT2D eigenvalue weighted by molar-refractivity contribution is 7.91. The predicted molar refractivity (Wildman–Crippen MR) is 143 cm³/mol. The number of alkyl halides is 3. The third-order valence-electron chi connectivity index (χ3n) is 7.58. The lowest BCUT2D eigenvalue weighted by atomic mass is 9.96. The number of ether oxygens (including phenoxy) is 1. The number of nitrogens with zero attached hydrogens (tertiary/aromatic N) is 3. The molecule has 9 nitrogen and oxygen atoms in total. The van der Waals surface area contributed by atoms with Gasteiger partial charge in [-0.05, 0) is 48.2 Å². The molecule has 0 aliphatic carbocycles. The first-order chi connectivity index (χ1) is 19.0. The van der Waals surface area contributed by atoms with Crippen LogP contribution in [0, 0.1) is 0 Å². The average molecular weight is 596 g/mol. The maximum absolute atomic E-state index is 14.1. The van der Waals surface area contributed by atoms with Gasteiger partial charge in [-0.1, -0.05) is 13.0 Å². The molecule has 1 aromatic carbocycles. The molecule has 5 heterocycles. The maximum atomic E-state index is 14.1. The van der Waals surface area contributed by atoms with Gasteiger partial charge in [-0.25, -0.2) is 18.4 Å². The Morgan fingerprint density at radius 3 is 2.75 bits per heavy atom. The fourth-order valence-corrected chi connectivity index (χ4v) is 8.31. The van der Waals surface area contributed by atoms with Crippen LogP contribution in [0.25, 0.3) is 10.6 Å². The van der Waals surface area contributed by atoms with Crippen molar-refractivity contribution in [3.8, 4) is 10.6 Å². The summed E-state index contributed by atoms with van der Waals surface area (Å²) in [5.74, 6) is -0.299. The SMILES string of the molecule is CCc1cc2c(cc1Nc1ncc(C(F)(F)F)c(-c3cc4c(s3)C(O)N(C3COC3)CCS4(=O)=O)n1)CCNC2. The van der Waals surface area contributed by atoms with Gasteiger partial charge >= 0.3 is 6.18 Å². The van der Waals surface area contributed by atoms with E-state index in [1.165, 1.54) is 11.6 Å². The average Bonchev–Trinajstić information content (AvgIpc) is 3.32. The van der Waals surface area contributed by atoms with Gasteiger partial charge in [-0.15, -0.1) is 11.3 Å². The summed E-state index contributed by atoms with van der Waals surface area (Å²) in [7, 11) is -3.85. The standard InChI is InChI=1S/C26H28F3N5O4S2/c1-2-14-7-16-10-30-4-3-15(16)8-19(14)32-25-31-11-18(26(27,28)29)22(33-25)20-9-21-23(39-20)24(35)34(17-12-38-13-17)5-6-40(21,36)37/h7-9,11,17,24,30,35H,2-6,10,12-13H2,1H3,(H,31,32,33). The molecule has 6 rings (SSSR count). The lowest BCUT2D eigenvalue weighted by molar-refractivity contribution is -0.137. The van der Waals surface area contributed by atoms with Crippen LogP contribution in [0.1, 0.15) is 40.3 Å². The van der Waals surface area contributed by atoms with Crippen LogP contribution in [-0.2, 0) is 40.1 Å². The zero-order valence-electron chi connectivity index (χ0n) is 21.6. The van der Waals surface area contributed by atoms with E-state index in [4.69, 9.17) is 4.74 Å². The van der Waals surface area contributed by atoms with Crippen molar-refractivity contribution in [3.63, 3.8) is 0 Å². The van der Waals surface area contributed by atoms with Gasteiger partial charge in [0, 0.05) is 25.0 Å². The number of sulfone groups is 1. The van der Waals surface area contributed by atoms with Crippen molar-refractivity contribution in [2.24, 2.45) is 0 Å². The Labute approximate surface area is 233 Å². The topological polar surface area (TPSA) is 117 Å². The first-order valence-corrected chi connectivity index (χ1v) is 15.5. The van der Waals surface area contributed by atoms with E-state index in [9.17, 15) is 26.7 Å². The van der Waals surface area contributed by atoms with Gasteiger partial charge in [-0.2, -0.15) is 13.2 Å². The van der Waals surface area contributed by atoms with Crippen molar-refractivity contribution in [1.82, 2.24) is 20.2 Å². The Hall–Kier alpha value is -2.62. The number of aromatic nitrogens is 2. The summed E-state index contributed by atoms with van der Waals surface area (Å²) in [6.45, 7) is 4.38. The van der Waals surface area contributed by atoms with Crippen molar-refractivity contribution in [1.29, 1.82) is 0 Å². The number of aliphatic hydroxyl groups excluding tert-OH is 1. The molecule has 0 radical (unpaired) electrons. The van der Waals surface area contributed by atoms with Crippen LogP contribution in [0.3, 0.4) is 0 Å². The summed E-state index contributed by atoms with van der Waals surface area (Å²) in [5, 5.41) is 17.5. The van der Waals surface area contributed by atoms with Gasteiger partial charge < -0.3 is 20.5 Å². The summed E-state index contributed by atoms with van der Waals surface area (Å²) < 4.78 is 73.7. The largest absolute Gasteiger partial charge is 0.420 e. The van der Waals surface area contributed by atoms with Gasteiger partial charge in [0.05, 0.1) is 45.4 Å². The molecule has 1 unspecified atom stereocenters. The van der Waals surface area contributed by atoms with Crippen LogP contribution in [0.2, 0.25) is 0 Å². The highest BCUT2D eigenvalue weighted by atomic mass is 32.2. The number of hydrogen-bond donors (Lipinski definition) is 3. The highest BCUT2D eigenvalue weighted by Crippen LogP contribution is 2.45. The van der Waals surface area contributed by atoms with E-state index in [-0.39, 0.29) is 38.9 Å². The minimum Gasteiger partial charge on any atom is -0.378 e. The van der Waals surface area contributed by atoms with Crippen LogP contribution in [-0.4, -0.2) is 66.5 Å². The number of hydrogen-bond acceptors (Lipinski definition) is 10. The fraction of sp³-hybridized carbons (Fsp3) is 0.462. The smallest absolute Gasteiger partial charge is 0.378 e. The molecule has 0 spiro atoms. The zero-order chi connectivity index (χ0) is 28.2. The maximum Gasteiger partial charge on any atom is 0.420 e. The minimum atomic E-state index is -4.78. The van der Waals surface area contributed by atoms with Crippen LogP contribution in [0.5, 0.6) is 0 Å². The van der Waals surface area contributed by atoms with Gasteiger partial charge in [0.25, 0.3) is 0 Å². The van der Waals surface area contributed by atoms with E-state index in [1.54, 1.807) is 4.90 Å². The molecule has 14 heteroatoms. The lowest BCUT2D eigenvalue weighted by Gasteiger charge is -2.38. The van der Waals surface area contributed by atoms with E-state index >= 15 is 0 Å². The fourth-order valence-electron chi connectivity index (χ4n) is 5.28. The number of thiophene rings is 1. The molecule has 3 aromatic rings. The molecule has 3 N–H and O–H groups in total. The molecule has 214 valence electrons. The van der Waals surface area contributed by atoms with Crippen molar-refractivity contribution < 1.29 is 31.4 Å². The van der Waals surface area contributed by atoms with Crippen molar-refractivity contribution in [2.75, 3.05) is 37.4 Å². The third-order valence-corrected chi connectivity index (χ3v) is 10.6. The van der Waals surface area contributed by atoms with Crippen LogP contribution in [0.15, 0.2) is 29.3 Å². The van der Waals surface area contributed by atoms with Crippen molar-refractivity contribution >= 4 is 32.8 Å². The summed E-state index contributed by atoms with van der Waals surface area (Å²) in [5.41, 5.74) is 2.50. The molecule has 0 bridgehead atoms. The van der Waals surface area contributed by atoms with Crippen LogP contribution < -0.4 is 10.6 Å². The number of halogens is 3. The van der Waals surface area contributed by atoms with E-state index < -0.39 is 33.5 Å². The van der Waals surface area contributed by atoms with Crippen LogP contribution in [0.4, 0.5) is 24.8 Å². The Morgan fingerprint density at radius 1 is 1.25 bits per heavy atom. The molecular formula is C26H28F3N5O4S2. The molecule has 0 saturated carbocycles. The molecule has 1 fully saturated rings. The number of aliphatic hydroxyl groups is 1. The third kappa shape index (κ3) is 5.01. The van der Waals surface area contributed by atoms with Crippen LogP contribution >= 0.6 is 11.3 Å². The number of fused-ring (bicyclic) bond motifs is 2. The number of anilines is 2. The van der Waals surface area contributed by atoms with E-state index in [2.05, 4.69) is 26.7 Å². The molecule has 40 heavy (non-hydrogen) atoms. The Bertz CT molecular complexity index is 1560. The molecule has 1 atom stereocenters. The number of benzene rings is 1. The van der Waals surface area contributed by atoms with Crippen molar-refractivity contribution in [3.05, 3.63) is 51.5 Å². The number of rotatable bonds is 5. The molecular weight excluding hydrogens is 567 g/mol. The zero-order valence-corrected chi connectivity index (χ0v) is 23.2. The second-order valence-corrected chi connectivity index (χ2v) is 13.3. The Balaban J connectivity index is 1.42.